The zero-order valence-corrected chi connectivity index (χ0v) is 15.4. The maximum absolute atomic E-state index is 13.2. The van der Waals surface area contributed by atoms with Crippen molar-refractivity contribution in [1.29, 1.82) is 0 Å². The van der Waals surface area contributed by atoms with Crippen LogP contribution in [0, 0.1) is 0 Å². The number of carbonyl (C=O) groups is 1. The van der Waals surface area contributed by atoms with Crippen LogP contribution in [-0.4, -0.2) is 42.0 Å². The summed E-state index contributed by atoms with van der Waals surface area (Å²) in [7, 11) is 1.64. The summed E-state index contributed by atoms with van der Waals surface area (Å²) in [5, 5.41) is 3.43. The summed E-state index contributed by atoms with van der Waals surface area (Å²) in [5.74, 6) is 0.897. The van der Waals surface area contributed by atoms with Gasteiger partial charge in [0.05, 0.1) is 25.8 Å². The number of benzene rings is 1. The van der Waals surface area contributed by atoms with E-state index in [1.54, 1.807) is 13.3 Å². The lowest BCUT2D eigenvalue weighted by molar-refractivity contribution is -0.133. The minimum absolute atomic E-state index is 0.132. The van der Waals surface area contributed by atoms with Crippen LogP contribution < -0.4 is 10.1 Å². The molecule has 2 heterocycles. The number of para-hydroxylation sites is 1. The Labute approximate surface area is 155 Å². The maximum atomic E-state index is 13.2. The Morgan fingerprint density at radius 1 is 1.19 bits per heavy atom. The van der Waals surface area contributed by atoms with E-state index in [0.717, 1.165) is 49.4 Å². The van der Waals surface area contributed by atoms with Crippen LogP contribution >= 0.6 is 0 Å². The molecular formula is C21H27N3O2. The fourth-order valence-corrected chi connectivity index (χ4v) is 3.51. The van der Waals surface area contributed by atoms with Crippen LogP contribution in [0.1, 0.15) is 30.5 Å². The Balaban J connectivity index is 1.80. The molecule has 0 aliphatic carbocycles. The molecule has 1 aliphatic rings. The molecule has 0 radical (unpaired) electrons. The normalized spacial score (nSPS) is 17.3. The van der Waals surface area contributed by atoms with Crippen LogP contribution in [0.2, 0.25) is 0 Å². The standard InChI is InChI=1S/C21H27N3O2/c1-26-20-10-3-2-7-17(20)15-21(25)24(16-18-8-4-5-13-23-18)19-9-6-12-22-14-11-19/h2-5,7-8,10,13,19,22H,6,9,11-12,14-16H2,1H3. The highest BCUT2D eigenvalue weighted by atomic mass is 16.5. The molecular weight excluding hydrogens is 326 g/mol. The highest BCUT2D eigenvalue weighted by Gasteiger charge is 2.25. The molecule has 138 valence electrons. The van der Waals surface area contributed by atoms with E-state index >= 15 is 0 Å². The summed E-state index contributed by atoms with van der Waals surface area (Å²) in [6, 6.07) is 13.8. The summed E-state index contributed by atoms with van der Waals surface area (Å²) < 4.78 is 5.42. The van der Waals surface area contributed by atoms with Gasteiger partial charge in [-0.05, 0) is 50.6 Å². The summed E-state index contributed by atoms with van der Waals surface area (Å²) >= 11 is 0. The zero-order chi connectivity index (χ0) is 18.2. The SMILES string of the molecule is COc1ccccc1CC(=O)N(Cc1ccccn1)C1CCCNCC1. The van der Waals surface area contributed by atoms with Crippen LogP contribution in [0.5, 0.6) is 5.75 Å². The van der Waals surface area contributed by atoms with Gasteiger partial charge in [-0.1, -0.05) is 24.3 Å². The molecule has 1 N–H and O–H groups in total. The van der Waals surface area contributed by atoms with Crippen molar-refractivity contribution in [2.45, 2.75) is 38.3 Å². The Morgan fingerprint density at radius 3 is 2.85 bits per heavy atom. The van der Waals surface area contributed by atoms with Crippen LogP contribution in [0.15, 0.2) is 48.7 Å². The van der Waals surface area contributed by atoms with Gasteiger partial charge in [0.2, 0.25) is 5.91 Å². The number of carbonyl (C=O) groups excluding carboxylic acids is 1. The number of amides is 1. The largest absolute Gasteiger partial charge is 0.496 e. The van der Waals surface area contributed by atoms with Crippen molar-refractivity contribution in [3.63, 3.8) is 0 Å². The second-order valence-corrected chi connectivity index (χ2v) is 6.67. The molecule has 0 spiro atoms. The average molecular weight is 353 g/mol. The van der Waals surface area contributed by atoms with Gasteiger partial charge in [0.25, 0.3) is 0 Å². The third-order valence-electron chi connectivity index (χ3n) is 4.90. The Hall–Kier alpha value is -2.40. The molecule has 1 atom stereocenters. The van der Waals surface area contributed by atoms with Gasteiger partial charge in [0, 0.05) is 17.8 Å². The van der Waals surface area contributed by atoms with Crippen molar-refractivity contribution in [2.75, 3.05) is 20.2 Å². The number of ether oxygens (including phenoxy) is 1. The fraction of sp³-hybridized carbons (Fsp3) is 0.429. The molecule has 26 heavy (non-hydrogen) atoms. The third kappa shape index (κ3) is 4.82. The fourth-order valence-electron chi connectivity index (χ4n) is 3.51. The van der Waals surface area contributed by atoms with E-state index in [0.29, 0.717) is 13.0 Å². The molecule has 1 saturated heterocycles. The van der Waals surface area contributed by atoms with E-state index in [1.807, 2.05) is 47.4 Å². The molecule has 2 aromatic rings. The van der Waals surface area contributed by atoms with E-state index in [2.05, 4.69) is 10.3 Å². The predicted molar refractivity (Wildman–Crippen MR) is 102 cm³/mol. The summed E-state index contributed by atoms with van der Waals surface area (Å²) in [6.07, 6.45) is 5.22. The lowest BCUT2D eigenvalue weighted by Crippen LogP contribution is -2.41. The molecule has 1 fully saturated rings. The van der Waals surface area contributed by atoms with Crippen LogP contribution in [0.25, 0.3) is 0 Å². The van der Waals surface area contributed by atoms with Gasteiger partial charge >= 0.3 is 0 Å². The molecule has 5 heteroatoms. The number of aromatic nitrogens is 1. The Kier molecular flexibility index (Phi) is 6.61. The summed E-state index contributed by atoms with van der Waals surface area (Å²) in [4.78, 5) is 19.7. The van der Waals surface area contributed by atoms with Gasteiger partial charge in [-0.3, -0.25) is 9.78 Å². The van der Waals surface area contributed by atoms with Crippen molar-refractivity contribution in [2.24, 2.45) is 0 Å². The smallest absolute Gasteiger partial charge is 0.227 e. The van der Waals surface area contributed by atoms with E-state index in [4.69, 9.17) is 4.74 Å². The van der Waals surface area contributed by atoms with Crippen molar-refractivity contribution < 1.29 is 9.53 Å². The number of nitrogens with zero attached hydrogens (tertiary/aromatic N) is 2. The molecule has 0 bridgehead atoms. The first-order valence-electron chi connectivity index (χ1n) is 9.30. The molecule has 5 nitrogen and oxygen atoms in total. The zero-order valence-electron chi connectivity index (χ0n) is 15.4. The summed E-state index contributed by atoms with van der Waals surface area (Å²) in [6.45, 7) is 2.53. The first-order chi connectivity index (χ1) is 12.8. The van der Waals surface area contributed by atoms with Gasteiger partial charge < -0.3 is 15.0 Å². The minimum atomic E-state index is 0.132. The highest BCUT2D eigenvalue weighted by Crippen LogP contribution is 2.22. The van der Waals surface area contributed by atoms with Crippen LogP contribution in [0.3, 0.4) is 0 Å². The van der Waals surface area contributed by atoms with E-state index in [1.165, 1.54) is 0 Å². The predicted octanol–water partition coefficient (Wildman–Crippen LogP) is 2.80. The number of methoxy groups -OCH3 is 1. The van der Waals surface area contributed by atoms with Gasteiger partial charge in [-0.15, -0.1) is 0 Å². The van der Waals surface area contributed by atoms with E-state index < -0.39 is 0 Å². The van der Waals surface area contributed by atoms with E-state index in [-0.39, 0.29) is 11.9 Å². The molecule has 3 rings (SSSR count). The molecule has 1 aromatic carbocycles. The molecule has 1 amide bonds. The van der Waals surface area contributed by atoms with Gasteiger partial charge in [-0.25, -0.2) is 0 Å². The van der Waals surface area contributed by atoms with Crippen molar-refractivity contribution in [1.82, 2.24) is 15.2 Å². The first kappa shape index (κ1) is 18.4. The van der Waals surface area contributed by atoms with Crippen LogP contribution in [-0.2, 0) is 17.8 Å². The van der Waals surface area contributed by atoms with Crippen LogP contribution in [0.4, 0.5) is 0 Å². The number of nitrogens with one attached hydrogen (secondary N) is 1. The second kappa shape index (κ2) is 9.34. The topological polar surface area (TPSA) is 54.5 Å². The summed E-state index contributed by atoms with van der Waals surface area (Å²) in [5.41, 5.74) is 1.86. The molecule has 1 aliphatic heterocycles. The molecule has 0 saturated carbocycles. The Bertz CT molecular complexity index is 697. The number of rotatable bonds is 6. The monoisotopic (exact) mass is 353 g/mol. The minimum Gasteiger partial charge on any atom is -0.496 e. The highest BCUT2D eigenvalue weighted by molar-refractivity contribution is 5.79. The van der Waals surface area contributed by atoms with E-state index in [9.17, 15) is 4.79 Å². The van der Waals surface area contributed by atoms with Crippen molar-refractivity contribution >= 4 is 5.91 Å². The molecule has 1 aromatic heterocycles. The number of hydrogen-bond donors (Lipinski definition) is 1. The van der Waals surface area contributed by atoms with Crippen molar-refractivity contribution in [3.8, 4) is 5.75 Å². The van der Waals surface area contributed by atoms with Gasteiger partial charge in [0.1, 0.15) is 5.75 Å². The third-order valence-corrected chi connectivity index (χ3v) is 4.90. The quantitative estimate of drug-likeness (QED) is 0.868. The maximum Gasteiger partial charge on any atom is 0.227 e. The average Bonchev–Trinajstić information content (AvgIpc) is 2.96. The lowest BCUT2D eigenvalue weighted by atomic mass is 10.0. The molecule has 1 unspecified atom stereocenters. The Morgan fingerprint density at radius 2 is 2.04 bits per heavy atom. The lowest BCUT2D eigenvalue weighted by Gasteiger charge is -2.31. The van der Waals surface area contributed by atoms with Gasteiger partial charge in [0.15, 0.2) is 0 Å². The number of hydrogen-bond acceptors (Lipinski definition) is 4. The second-order valence-electron chi connectivity index (χ2n) is 6.67. The number of pyridine rings is 1. The first-order valence-corrected chi connectivity index (χ1v) is 9.30. The van der Waals surface area contributed by atoms with Crippen molar-refractivity contribution in [3.05, 3.63) is 59.9 Å². The van der Waals surface area contributed by atoms with Gasteiger partial charge in [-0.2, -0.15) is 0 Å².